The molecule has 22 heavy (non-hydrogen) atoms. The third kappa shape index (κ3) is 4.45. The first kappa shape index (κ1) is 16.8. The summed E-state index contributed by atoms with van der Waals surface area (Å²) in [5, 5.41) is 2.74. The Balaban J connectivity index is 1.78. The topological polar surface area (TPSA) is 75.7 Å². The molecule has 0 radical (unpaired) electrons. The van der Waals surface area contributed by atoms with E-state index in [9.17, 15) is 13.2 Å². The number of carbonyl (C=O) groups is 1. The molecule has 1 aromatic rings. The fraction of sp³-hybridized carbons (Fsp3) is 0.533. The van der Waals surface area contributed by atoms with Gasteiger partial charge < -0.3 is 10.1 Å². The number of amides is 1. The number of sulfonamides is 1. The lowest BCUT2D eigenvalue weighted by molar-refractivity contribution is -0.124. The van der Waals surface area contributed by atoms with Gasteiger partial charge in [-0.2, -0.15) is 4.31 Å². The Hall–Kier alpha value is -1.60. The first-order chi connectivity index (χ1) is 10.4. The van der Waals surface area contributed by atoms with Crippen LogP contribution in [0.5, 0.6) is 5.75 Å². The zero-order valence-corrected chi connectivity index (χ0v) is 13.7. The van der Waals surface area contributed by atoms with Crippen molar-refractivity contribution in [1.82, 2.24) is 9.62 Å². The minimum absolute atomic E-state index is 0.254. The van der Waals surface area contributed by atoms with E-state index < -0.39 is 16.1 Å². The molecular weight excluding hydrogens is 304 g/mol. The van der Waals surface area contributed by atoms with E-state index in [1.54, 1.807) is 0 Å². The van der Waals surface area contributed by atoms with E-state index >= 15 is 0 Å². The molecule has 0 saturated carbocycles. The van der Waals surface area contributed by atoms with Crippen LogP contribution in [0.3, 0.4) is 0 Å². The van der Waals surface area contributed by atoms with Crippen molar-refractivity contribution in [3.63, 3.8) is 0 Å². The van der Waals surface area contributed by atoms with Crippen LogP contribution in [0.1, 0.15) is 18.4 Å². The van der Waals surface area contributed by atoms with E-state index in [-0.39, 0.29) is 5.91 Å². The van der Waals surface area contributed by atoms with Gasteiger partial charge in [0.15, 0.2) is 0 Å². The molecule has 7 heteroatoms. The molecule has 0 aromatic heterocycles. The Morgan fingerprint density at radius 2 is 2.23 bits per heavy atom. The first-order valence-electron chi connectivity index (χ1n) is 7.32. The van der Waals surface area contributed by atoms with Gasteiger partial charge in [0.2, 0.25) is 15.9 Å². The number of ether oxygens (including phenoxy) is 1. The maximum Gasteiger partial charge on any atom is 0.238 e. The predicted molar refractivity (Wildman–Crippen MR) is 84.3 cm³/mol. The highest BCUT2D eigenvalue weighted by atomic mass is 32.2. The molecule has 1 fully saturated rings. The van der Waals surface area contributed by atoms with Crippen LogP contribution in [-0.4, -0.2) is 50.6 Å². The normalized spacial score (nSPS) is 19.1. The molecule has 1 N–H and O–H groups in total. The van der Waals surface area contributed by atoms with Gasteiger partial charge in [0.05, 0.1) is 12.8 Å². The van der Waals surface area contributed by atoms with Crippen LogP contribution in [0.2, 0.25) is 0 Å². The second kappa shape index (κ2) is 7.11. The molecule has 2 rings (SSSR count). The van der Waals surface area contributed by atoms with Gasteiger partial charge in [-0.15, -0.1) is 0 Å². The van der Waals surface area contributed by atoms with E-state index in [1.165, 1.54) is 4.31 Å². The fourth-order valence-corrected chi connectivity index (χ4v) is 3.69. The standard InChI is InChI=1S/C15H22N2O4S/c1-12-5-3-6-13(11-12)21-10-8-16-15(18)14-7-4-9-17(14)22(2,19)20/h3,5-6,11,14H,4,7-10H2,1-2H3,(H,16,18). The van der Waals surface area contributed by atoms with Gasteiger partial charge in [0.1, 0.15) is 18.4 Å². The Morgan fingerprint density at radius 1 is 1.45 bits per heavy atom. The summed E-state index contributed by atoms with van der Waals surface area (Å²) in [6, 6.07) is 7.08. The molecule has 1 aliphatic heterocycles. The second-order valence-corrected chi connectivity index (χ2v) is 7.42. The number of hydrogen-bond acceptors (Lipinski definition) is 4. The molecule has 1 amide bonds. The van der Waals surface area contributed by atoms with Crippen molar-refractivity contribution in [1.29, 1.82) is 0 Å². The molecule has 1 heterocycles. The van der Waals surface area contributed by atoms with Crippen molar-refractivity contribution in [3.05, 3.63) is 29.8 Å². The number of rotatable bonds is 6. The predicted octanol–water partition coefficient (Wildman–Crippen LogP) is 0.914. The zero-order chi connectivity index (χ0) is 16.2. The van der Waals surface area contributed by atoms with Crippen molar-refractivity contribution < 1.29 is 17.9 Å². The summed E-state index contributed by atoms with van der Waals surface area (Å²) in [5.74, 6) is 0.503. The van der Waals surface area contributed by atoms with Gasteiger partial charge in [-0.25, -0.2) is 8.42 Å². The number of aryl methyl sites for hydroxylation is 1. The number of hydrogen-bond donors (Lipinski definition) is 1. The molecular formula is C15H22N2O4S. The van der Waals surface area contributed by atoms with Gasteiger partial charge in [-0.05, 0) is 37.5 Å². The number of benzene rings is 1. The maximum atomic E-state index is 12.1. The third-order valence-electron chi connectivity index (χ3n) is 3.59. The van der Waals surface area contributed by atoms with Gasteiger partial charge in [0, 0.05) is 6.54 Å². The van der Waals surface area contributed by atoms with Crippen molar-refractivity contribution in [3.8, 4) is 5.75 Å². The smallest absolute Gasteiger partial charge is 0.238 e. The van der Waals surface area contributed by atoms with E-state index in [0.717, 1.165) is 17.6 Å². The minimum atomic E-state index is -3.33. The van der Waals surface area contributed by atoms with E-state index in [4.69, 9.17) is 4.74 Å². The van der Waals surface area contributed by atoms with Gasteiger partial charge in [-0.1, -0.05) is 12.1 Å². The molecule has 1 atom stereocenters. The average molecular weight is 326 g/mol. The van der Waals surface area contributed by atoms with Crippen molar-refractivity contribution in [2.45, 2.75) is 25.8 Å². The molecule has 1 aromatic carbocycles. The quantitative estimate of drug-likeness (QED) is 0.789. The SMILES string of the molecule is Cc1cccc(OCCNC(=O)C2CCCN2S(C)(=O)=O)c1. The van der Waals surface area contributed by atoms with Crippen molar-refractivity contribution in [2.24, 2.45) is 0 Å². The monoisotopic (exact) mass is 326 g/mol. The van der Waals surface area contributed by atoms with Crippen LogP contribution in [0.4, 0.5) is 0 Å². The molecule has 0 bridgehead atoms. The van der Waals surface area contributed by atoms with Crippen LogP contribution in [0.25, 0.3) is 0 Å². The van der Waals surface area contributed by atoms with E-state index in [0.29, 0.717) is 32.5 Å². The van der Waals surface area contributed by atoms with Crippen molar-refractivity contribution in [2.75, 3.05) is 26.0 Å². The lowest BCUT2D eigenvalue weighted by atomic mass is 10.2. The van der Waals surface area contributed by atoms with Crippen LogP contribution in [0, 0.1) is 6.92 Å². The minimum Gasteiger partial charge on any atom is -0.492 e. The van der Waals surface area contributed by atoms with Gasteiger partial charge in [-0.3, -0.25) is 4.79 Å². The Morgan fingerprint density at radius 3 is 2.91 bits per heavy atom. The lowest BCUT2D eigenvalue weighted by Crippen LogP contribution is -2.46. The first-order valence-corrected chi connectivity index (χ1v) is 9.17. The average Bonchev–Trinajstić information content (AvgIpc) is 2.93. The number of nitrogens with zero attached hydrogens (tertiary/aromatic N) is 1. The Labute approximate surface area is 131 Å². The number of carbonyl (C=O) groups excluding carboxylic acids is 1. The lowest BCUT2D eigenvalue weighted by Gasteiger charge is -2.21. The molecule has 0 aliphatic carbocycles. The Bertz CT molecular complexity index is 630. The molecule has 1 unspecified atom stereocenters. The summed E-state index contributed by atoms with van der Waals surface area (Å²) >= 11 is 0. The summed E-state index contributed by atoms with van der Waals surface area (Å²) in [6.45, 7) is 3.09. The molecule has 122 valence electrons. The highest BCUT2D eigenvalue weighted by Gasteiger charge is 2.36. The highest BCUT2D eigenvalue weighted by Crippen LogP contribution is 2.20. The molecule has 1 saturated heterocycles. The zero-order valence-electron chi connectivity index (χ0n) is 12.9. The Kier molecular flexibility index (Phi) is 5.42. The van der Waals surface area contributed by atoms with E-state index in [2.05, 4.69) is 5.32 Å². The van der Waals surface area contributed by atoms with Gasteiger partial charge in [0.25, 0.3) is 0 Å². The summed E-state index contributed by atoms with van der Waals surface area (Å²) in [6.07, 6.45) is 2.42. The van der Waals surface area contributed by atoms with Gasteiger partial charge >= 0.3 is 0 Å². The van der Waals surface area contributed by atoms with Crippen LogP contribution in [-0.2, 0) is 14.8 Å². The summed E-state index contributed by atoms with van der Waals surface area (Å²) < 4.78 is 30.0. The van der Waals surface area contributed by atoms with Crippen LogP contribution >= 0.6 is 0 Å². The summed E-state index contributed by atoms with van der Waals surface area (Å²) in [5.41, 5.74) is 1.11. The van der Waals surface area contributed by atoms with Crippen LogP contribution < -0.4 is 10.1 Å². The molecule has 0 spiro atoms. The fourth-order valence-electron chi connectivity index (χ4n) is 2.57. The molecule has 6 nitrogen and oxygen atoms in total. The third-order valence-corrected chi connectivity index (χ3v) is 4.88. The highest BCUT2D eigenvalue weighted by molar-refractivity contribution is 7.88. The summed E-state index contributed by atoms with van der Waals surface area (Å²) in [4.78, 5) is 12.1. The largest absolute Gasteiger partial charge is 0.492 e. The maximum absolute atomic E-state index is 12.1. The number of nitrogens with one attached hydrogen (secondary N) is 1. The van der Waals surface area contributed by atoms with Crippen molar-refractivity contribution >= 4 is 15.9 Å². The van der Waals surface area contributed by atoms with E-state index in [1.807, 2.05) is 31.2 Å². The summed E-state index contributed by atoms with van der Waals surface area (Å²) in [7, 11) is -3.33. The molecule has 1 aliphatic rings. The van der Waals surface area contributed by atoms with Crippen LogP contribution in [0.15, 0.2) is 24.3 Å². The second-order valence-electron chi connectivity index (χ2n) is 5.49.